The molecule has 2 aromatic rings. The van der Waals surface area contributed by atoms with E-state index < -0.39 is 0 Å². The Morgan fingerprint density at radius 2 is 1.71 bits per heavy atom. The lowest BCUT2D eigenvalue weighted by Crippen LogP contribution is -2.11. The quantitative estimate of drug-likeness (QED) is 0.854. The van der Waals surface area contributed by atoms with Gasteiger partial charge in [-0.2, -0.15) is 0 Å². The number of nitrogens with one attached hydrogen (secondary N) is 1. The van der Waals surface area contributed by atoms with Gasteiger partial charge in [0.1, 0.15) is 0 Å². The Balaban J connectivity index is 1.76. The summed E-state index contributed by atoms with van der Waals surface area (Å²) < 4.78 is 0. The monoisotopic (exact) mass is 279 g/mol. The van der Waals surface area contributed by atoms with E-state index in [-0.39, 0.29) is 0 Å². The molecule has 1 aliphatic heterocycles. The summed E-state index contributed by atoms with van der Waals surface area (Å²) >= 11 is 0. The fraction of sp³-hybridized carbons (Fsp3) is 0.400. The standard InChI is InChI=1S/C20H25N/c1-14-11-15(2)19(16(3)12-14)8-6-17-7-9-20-18(13-17)5-4-10-21-20/h7,9,11-13,21H,4-6,8,10H2,1-3H3. The van der Waals surface area contributed by atoms with Crippen LogP contribution in [-0.4, -0.2) is 6.54 Å². The lowest BCUT2D eigenvalue weighted by molar-refractivity contribution is 0.825. The summed E-state index contributed by atoms with van der Waals surface area (Å²) in [5.74, 6) is 0. The second kappa shape index (κ2) is 5.93. The van der Waals surface area contributed by atoms with E-state index in [9.17, 15) is 0 Å². The van der Waals surface area contributed by atoms with Crippen LogP contribution >= 0.6 is 0 Å². The van der Waals surface area contributed by atoms with Gasteiger partial charge in [0.25, 0.3) is 0 Å². The Morgan fingerprint density at radius 3 is 2.48 bits per heavy atom. The molecule has 1 heterocycles. The summed E-state index contributed by atoms with van der Waals surface area (Å²) in [5, 5.41) is 3.49. The molecule has 0 bridgehead atoms. The molecule has 1 heteroatoms. The highest BCUT2D eigenvalue weighted by Crippen LogP contribution is 2.24. The van der Waals surface area contributed by atoms with E-state index in [1.807, 2.05) is 0 Å². The van der Waals surface area contributed by atoms with Crippen LogP contribution in [0.1, 0.15) is 39.8 Å². The van der Waals surface area contributed by atoms with Gasteiger partial charge in [-0.25, -0.2) is 0 Å². The zero-order chi connectivity index (χ0) is 14.8. The third-order valence-corrected chi connectivity index (χ3v) is 4.61. The van der Waals surface area contributed by atoms with E-state index in [4.69, 9.17) is 0 Å². The van der Waals surface area contributed by atoms with E-state index in [1.54, 1.807) is 0 Å². The zero-order valence-corrected chi connectivity index (χ0v) is 13.4. The molecule has 1 nitrogen and oxygen atoms in total. The van der Waals surface area contributed by atoms with Gasteiger partial charge in [-0.3, -0.25) is 0 Å². The Hall–Kier alpha value is -1.76. The van der Waals surface area contributed by atoms with Crippen molar-refractivity contribution in [1.29, 1.82) is 0 Å². The van der Waals surface area contributed by atoms with E-state index in [2.05, 4.69) is 56.4 Å². The number of hydrogen-bond donors (Lipinski definition) is 1. The predicted octanol–water partition coefficient (Wildman–Crippen LogP) is 4.76. The van der Waals surface area contributed by atoms with Gasteiger partial charge < -0.3 is 5.32 Å². The molecule has 110 valence electrons. The number of aryl methyl sites for hydroxylation is 5. The number of anilines is 1. The van der Waals surface area contributed by atoms with Crippen molar-refractivity contribution in [1.82, 2.24) is 0 Å². The van der Waals surface area contributed by atoms with Gasteiger partial charge in [0, 0.05) is 12.2 Å². The highest BCUT2D eigenvalue weighted by Gasteiger charge is 2.09. The minimum absolute atomic E-state index is 1.12. The predicted molar refractivity (Wildman–Crippen MR) is 91.3 cm³/mol. The first-order chi connectivity index (χ1) is 10.1. The minimum Gasteiger partial charge on any atom is -0.385 e. The van der Waals surface area contributed by atoms with Gasteiger partial charge in [-0.05, 0) is 80.3 Å². The lowest BCUT2D eigenvalue weighted by atomic mass is 9.93. The first-order valence-corrected chi connectivity index (χ1v) is 8.06. The van der Waals surface area contributed by atoms with Crippen LogP contribution < -0.4 is 5.32 Å². The third-order valence-electron chi connectivity index (χ3n) is 4.61. The van der Waals surface area contributed by atoms with Crippen LogP contribution in [0.3, 0.4) is 0 Å². The van der Waals surface area contributed by atoms with Crippen LogP contribution in [0.15, 0.2) is 30.3 Å². The fourth-order valence-electron chi connectivity index (χ4n) is 3.56. The molecule has 0 radical (unpaired) electrons. The summed E-state index contributed by atoms with van der Waals surface area (Å²) in [6.45, 7) is 7.78. The van der Waals surface area contributed by atoms with Crippen molar-refractivity contribution in [3.63, 3.8) is 0 Å². The van der Waals surface area contributed by atoms with Gasteiger partial charge in [-0.15, -0.1) is 0 Å². The molecule has 1 N–H and O–H groups in total. The van der Waals surface area contributed by atoms with E-state index in [0.717, 1.165) is 19.4 Å². The molecule has 2 aromatic carbocycles. The average Bonchev–Trinajstić information content (AvgIpc) is 2.46. The summed E-state index contributed by atoms with van der Waals surface area (Å²) in [6, 6.07) is 11.6. The minimum atomic E-state index is 1.12. The van der Waals surface area contributed by atoms with Crippen LogP contribution in [0, 0.1) is 20.8 Å². The molecule has 0 atom stereocenters. The molecular formula is C20H25N. The van der Waals surface area contributed by atoms with Crippen molar-refractivity contribution in [3.8, 4) is 0 Å². The van der Waals surface area contributed by atoms with Crippen molar-refractivity contribution < 1.29 is 0 Å². The fourth-order valence-corrected chi connectivity index (χ4v) is 3.56. The first kappa shape index (κ1) is 14.2. The van der Waals surface area contributed by atoms with Crippen molar-refractivity contribution >= 4 is 5.69 Å². The Labute approximate surface area is 128 Å². The molecule has 0 aliphatic carbocycles. The molecule has 0 saturated carbocycles. The van der Waals surface area contributed by atoms with Gasteiger partial charge in [0.05, 0.1) is 0 Å². The number of hydrogen-bond acceptors (Lipinski definition) is 1. The van der Waals surface area contributed by atoms with Crippen LogP contribution in [0.25, 0.3) is 0 Å². The highest BCUT2D eigenvalue weighted by atomic mass is 14.9. The molecule has 0 aromatic heterocycles. The third kappa shape index (κ3) is 3.12. The Bertz CT molecular complexity index is 632. The molecular weight excluding hydrogens is 254 g/mol. The van der Waals surface area contributed by atoms with Crippen LogP contribution in [0.2, 0.25) is 0 Å². The molecule has 3 rings (SSSR count). The smallest absolute Gasteiger partial charge is 0.0372 e. The Morgan fingerprint density at radius 1 is 0.952 bits per heavy atom. The van der Waals surface area contributed by atoms with Crippen molar-refractivity contribution in [2.75, 3.05) is 11.9 Å². The van der Waals surface area contributed by atoms with Gasteiger partial charge in [0.2, 0.25) is 0 Å². The maximum Gasteiger partial charge on any atom is 0.0372 e. The van der Waals surface area contributed by atoms with Crippen LogP contribution in [0.4, 0.5) is 5.69 Å². The summed E-state index contributed by atoms with van der Waals surface area (Å²) in [6.07, 6.45) is 4.76. The summed E-state index contributed by atoms with van der Waals surface area (Å²) in [5.41, 5.74) is 10.1. The maximum absolute atomic E-state index is 3.49. The molecule has 1 aliphatic rings. The molecule has 21 heavy (non-hydrogen) atoms. The van der Waals surface area contributed by atoms with Crippen molar-refractivity contribution in [2.24, 2.45) is 0 Å². The van der Waals surface area contributed by atoms with E-state index in [1.165, 1.54) is 51.9 Å². The first-order valence-electron chi connectivity index (χ1n) is 8.06. The van der Waals surface area contributed by atoms with E-state index >= 15 is 0 Å². The topological polar surface area (TPSA) is 12.0 Å². The molecule has 0 amide bonds. The van der Waals surface area contributed by atoms with Crippen molar-refractivity contribution in [3.05, 3.63) is 63.7 Å². The van der Waals surface area contributed by atoms with Gasteiger partial charge >= 0.3 is 0 Å². The van der Waals surface area contributed by atoms with Crippen LogP contribution in [0.5, 0.6) is 0 Å². The lowest BCUT2D eigenvalue weighted by Gasteiger charge is -2.19. The Kier molecular flexibility index (Phi) is 4.01. The molecule has 0 fully saturated rings. The highest BCUT2D eigenvalue weighted by molar-refractivity contribution is 5.54. The molecule has 0 spiro atoms. The van der Waals surface area contributed by atoms with E-state index in [0.29, 0.717) is 0 Å². The number of fused-ring (bicyclic) bond motifs is 1. The van der Waals surface area contributed by atoms with Crippen molar-refractivity contribution in [2.45, 2.75) is 46.5 Å². The molecule has 0 unspecified atom stereocenters. The number of rotatable bonds is 3. The largest absolute Gasteiger partial charge is 0.385 e. The summed E-state index contributed by atoms with van der Waals surface area (Å²) in [7, 11) is 0. The normalized spacial score (nSPS) is 13.7. The maximum atomic E-state index is 3.49. The van der Waals surface area contributed by atoms with Crippen LogP contribution in [-0.2, 0) is 19.3 Å². The number of benzene rings is 2. The second-order valence-electron chi connectivity index (χ2n) is 6.40. The zero-order valence-electron chi connectivity index (χ0n) is 13.4. The SMILES string of the molecule is Cc1cc(C)c(CCc2ccc3c(c2)CCCN3)c(C)c1. The van der Waals surface area contributed by atoms with Gasteiger partial charge in [0.15, 0.2) is 0 Å². The second-order valence-corrected chi connectivity index (χ2v) is 6.40. The molecule has 0 saturated heterocycles. The van der Waals surface area contributed by atoms with Gasteiger partial charge in [-0.1, -0.05) is 29.8 Å². The summed E-state index contributed by atoms with van der Waals surface area (Å²) in [4.78, 5) is 0. The average molecular weight is 279 g/mol.